The first-order valence-corrected chi connectivity index (χ1v) is 7.28. The Bertz CT molecular complexity index is 355. The molecule has 18 heavy (non-hydrogen) atoms. The number of phenols is 1. The molecular weight excluding hydrogens is 220 g/mol. The number of aromatic hydroxyl groups is 1. The van der Waals surface area contributed by atoms with Gasteiger partial charge in [0.05, 0.1) is 0 Å². The van der Waals surface area contributed by atoms with Gasteiger partial charge in [0.15, 0.2) is 0 Å². The molecule has 1 rings (SSSR count). The number of benzene rings is 1. The molecule has 0 amide bonds. The summed E-state index contributed by atoms with van der Waals surface area (Å²) in [5, 5.41) is 9.55. The third-order valence-electron chi connectivity index (χ3n) is 4.09. The van der Waals surface area contributed by atoms with Crippen LogP contribution >= 0.6 is 0 Å². The van der Waals surface area contributed by atoms with Crippen LogP contribution in [0.3, 0.4) is 0 Å². The van der Waals surface area contributed by atoms with Crippen LogP contribution in [-0.4, -0.2) is 5.11 Å². The van der Waals surface area contributed by atoms with E-state index in [0.29, 0.717) is 11.7 Å². The van der Waals surface area contributed by atoms with E-state index >= 15 is 0 Å². The van der Waals surface area contributed by atoms with Crippen molar-refractivity contribution in [1.82, 2.24) is 0 Å². The first-order chi connectivity index (χ1) is 8.45. The van der Waals surface area contributed by atoms with Crippen LogP contribution < -0.4 is 0 Å². The van der Waals surface area contributed by atoms with Gasteiger partial charge in [-0.3, -0.25) is 0 Å². The predicted octanol–water partition coefficient (Wildman–Crippen LogP) is 5.30. The molecule has 0 aliphatic heterocycles. The van der Waals surface area contributed by atoms with Crippen LogP contribution in [0.2, 0.25) is 0 Å². The Labute approximate surface area is 113 Å². The molecule has 1 N–H and O–H groups in total. The van der Waals surface area contributed by atoms with Crippen molar-refractivity contribution in [3.63, 3.8) is 0 Å². The molecule has 0 saturated heterocycles. The van der Waals surface area contributed by atoms with Crippen molar-refractivity contribution in [1.29, 1.82) is 0 Å². The number of rotatable bonds is 4. The summed E-state index contributed by atoms with van der Waals surface area (Å²) in [5.41, 5.74) is 2.88. The molecule has 0 bridgehead atoms. The summed E-state index contributed by atoms with van der Waals surface area (Å²) in [7, 11) is 0. The third kappa shape index (κ3) is 3.51. The number of aryl methyl sites for hydroxylation is 1. The van der Waals surface area contributed by atoms with Gasteiger partial charge in [-0.1, -0.05) is 54.5 Å². The summed E-state index contributed by atoms with van der Waals surface area (Å²) in [4.78, 5) is 0. The van der Waals surface area contributed by atoms with E-state index in [-0.39, 0.29) is 5.41 Å². The van der Waals surface area contributed by atoms with Gasteiger partial charge < -0.3 is 5.11 Å². The Kier molecular flexibility index (Phi) is 7.05. The Morgan fingerprint density at radius 1 is 1.17 bits per heavy atom. The predicted molar refractivity (Wildman–Crippen MR) is 81.3 cm³/mol. The zero-order chi connectivity index (χ0) is 14.3. The third-order valence-corrected chi connectivity index (χ3v) is 4.09. The Morgan fingerprint density at radius 3 is 2.11 bits per heavy atom. The lowest BCUT2D eigenvalue weighted by Crippen LogP contribution is -2.29. The Morgan fingerprint density at radius 2 is 1.72 bits per heavy atom. The Hall–Kier alpha value is -0.980. The summed E-state index contributed by atoms with van der Waals surface area (Å²) in [6.07, 6.45) is 2.11. The van der Waals surface area contributed by atoms with Gasteiger partial charge in [-0.2, -0.15) is 0 Å². The largest absolute Gasteiger partial charge is 0.508 e. The van der Waals surface area contributed by atoms with E-state index in [9.17, 15) is 5.11 Å². The minimum Gasteiger partial charge on any atom is -0.508 e. The first-order valence-electron chi connectivity index (χ1n) is 7.28. The maximum Gasteiger partial charge on any atom is 0.115 e. The molecule has 1 aromatic rings. The molecule has 1 aromatic carbocycles. The number of phenolic OH excluding ortho intramolecular Hbond substituents is 1. The second-order valence-corrected chi connectivity index (χ2v) is 5.12. The van der Waals surface area contributed by atoms with E-state index in [1.54, 1.807) is 0 Å². The quantitative estimate of drug-likeness (QED) is 0.768. The van der Waals surface area contributed by atoms with E-state index in [1.165, 1.54) is 11.1 Å². The van der Waals surface area contributed by atoms with E-state index in [0.717, 1.165) is 12.8 Å². The number of hydrogen-bond acceptors (Lipinski definition) is 1. The van der Waals surface area contributed by atoms with Crippen LogP contribution in [0.25, 0.3) is 0 Å². The van der Waals surface area contributed by atoms with Crippen molar-refractivity contribution >= 4 is 0 Å². The smallest absolute Gasteiger partial charge is 0.115 e. The van der Waals surface area contributed by atoms with Gasteiger partial charge in [0.2, 0.25) is 0 Å². The van der Waals surface area contributed by atoms with Crippen LogP contribution in [0.4, 0.5) is 0 Å². The summed E-state index contributed by atoms with van der Waals surface area (Å²) < 4.78 is 0. The molecule has 0 heterocycles. The highest BCUT2D eigenvalue weighted by atomic mass is 16.3. The average Bonchev–Trinajstić information content (AvgIpc) is 2.39. The molecule has 0 aliphatic carbocycles. The SMILES string of the molecule is CC.CCc1cc(O)ccc1C(C)(CC)C(C)C. The fourth-order valence-electron chi connectivity index (χ4n) is 2.34. The van der Waals surface area contributed by atoms with Crippen LogP contribution in [0.1, 0.15) is 66.0 Å². The molecule has 1 nitrogen and oxygen atoms in total. The lowest BCUT2D eigenvalue weighted by atomic mass is 9.69. The highest BCUT2D eigenvalue weighted by Crippen LogP contribution is 2.38. The maximum atomic E-state index is 9.55. The van der Waals surface area contributed by atoms with E-state index < -0.39 is 0 Å². The molecule has 0 spiro atoms. The van der Waals surface area contributed by atoms with Crippen molar-refractivity contribution in [2.45, 2.75) is 66.7 Å². The van der Waals surface area contributed by atoms with Crippen molar-refractivity contribution in [3.8, 4) is 5.75 Å². The van der Waals surface area contributed by atoms with Crippen LogP contribution in [0.15, 0.2) is 18.2 Å². The molecule has 0 saturated carbocycles. The summed E-state index contributed by atoms with van der Waals surface area (Å²) in [5.74, 6) is 0.982. The van der Waals surface area contributed by atoms with Gasteiger partial charge in [-0.05, 0) is 47.4 Å². The summed E-state index contributed by atoms with van der Waals surface area (Å²) in [6, 6.07) is 5.81. The minimum atomic E-state index is 0.207. The summed E-state index contributed by atoms with van der Waals surface area (Å²) >= 11 is 0. The van der Waals surface area contributed by atoms with Gasteiger partial charge in [-0.25, -0.2) is 0 Å². The van der Waals surface area contributed by atoms with E-state index in [1.807, 2.05) is 26.0 Å². The molecule has 1 unspecified atom stereocenters. The van der Waals surface area contributed by atoms with Gasteiger partial charge >= 0.3 is 0 Å². The molecule has 0 radical (unpaired) electrons. The maximum absolute atomic E-state index is 9.55. The van der Waals surface area contributed by atoms with E-state index in [2.05, 4.69) is 40.7 Å². The zero-order valence-corrected chi connectivity index (χ0v) is 13.2. The lowest BCUT2D eigenvalue weighted by Gasteiger charge is -2.35. The highest BCUT2D eigenvalue weighted by Gasteiger charge is 2.30. The van der Waals surface area contributed by atoms with Gasteiger partial charge in [0.25, 0.3) is 0 Å². The lowest BCUT2D eigenvalue weighted by molar-refractivity contribution is 0.323. The van der Waals surface area contributed by atoms with Crippen LogP contribution in [0, 0.1) is 5.92 Å². The van der Waals surface area contributed by atoms with E-state index in [4.69, 9.17) is 0 Å². The molecular formula is C17H30O. The minimum absolute atomic E-state index is 0.207. The zero-order valence-electron chi connectivity index (χ0n) is 13.2. The van der Waals surface area contributed by atoms with Crippen molar-refractivity contribution in [2.24, 2.45) is 5.92 Å². The van der Waals surface area contributed by atoms with Crippen LogP contribution in [0.5, 0.6) is 5.75 Å². The fourth-order valence-corrected chi connectivity index (χ4v) is 2.34. The standard InChI is InChI=1S/C15H24O.C2H6/c1-6-12-10-13(16)8-9-14(12)15(5,7-2)11(3)4;1-2/h8-11,16H,6-7H2,1-5H3;1-2H3. The van der Waals surface area contributed by atoms with Gasteiger partial charge in [0.1, 0.15) is 5.75 Å². The average molecular weight is 250 g/mol. The molecule has 104 valence electrons. The second kappa shape index (κ2) is 7.45. The monoisotopic (exact) mass is 250 g/mol. The Balaban J connectivity index is 0.00000137. The van der Waals surface area contributed by atoms with Gasteiger partial charge in [-0.15, -0.1) is 0 Å². The molecule has 1 atom stereocenters. The number of hydrogen-bond donors (Lipinski definition) is 1. The van der Waals surface area contributed by atoms with Gasteiger partial charge in [0, 0.05) is 0 Å². The molecule has 0 fully saturated rings. The van der Waals surface area contributed by atoms with Crippen molar-refractivity contribution in [3.05, 3.63) is 29.3 Å². The molecule has 1 heteroatoms. The highest BCUT2D eigenvalue weighted by molar-refractivity contribution is 5.39. The summed E-state index contributed by atoms with van der Waals surface area (Å²) in [6.45, 7) is 15.3. The van der Waals surface area contributed by atoms with Crippen molar-refractivity contribution < 1.29 is 5.11 Å². The molecule has 0 aromatic heterocycles. The first kappa shape index (κ1) is 17.0. The van der Waals surface area contributed by atoms with Crippen LogP contribution in [-0.2, 0) is 11.8 Å². The topological polar surface area (TPSA) is 20.2 Å². The molecule has 0 aliphatic rings. The normalized spacial score (nSPS) is 13.8. The van der Waals surface area contributed by atoms with Crippen molar-refractivity contribution in [2.75, 3.05) is 0 Å². The second-order valence-electron chi connectivity index (χ2n) is 5.12. The fraction of sp³-hybridized carbons (Fsp3) is 0.647.